The van der Waals surface area contributed by atoms with Gasteiger partial charge >= 0.3 is 0 Å². The smallest absolute Gasteiger partial charge is 0.119 e. The minimum absolute atomic E-state index is 0.189. The summed E-state index contributed by atoms with van der Waals surface area (Å²) in [6.45, 7) is 1.35. The van der Waals surface area contributed by atoms with Crippen LogP contribution in [0.1, 0.15) is 12.0 Å². The molecule has 0 fully saturated rings. The summed E-state index contributed by atoms with van der Waals surface area (Å²) in [5, 5.41) is 8.63. The van der Waals surface area contributed by atoms with Crippen LogP contribution in [-0.4, -0.2) is 32.0 Å². The second kappa shape index (κ2) is 7.91. The van der Waals surface area contributed by atoms with Gasteiger partial charge in [0.25, 0.3) is 0 Å². The molecule has 0 atom stereocenters. The van der Waals surface area contributed by atoms with Gasteiger partial charge in [0.05, 0.1) is 6.61 Å². The van der Waals surface area contributed by atoms with Crippen LogP contribution in [0, 0.1) is 0 Å². The van der Waals surface area contributed by atoms with Gasteiger partial charge in [-0.25, -0.2) is 0 Å². The minimum atomic E-state index is 0.189. The standard InChI is InChI=1S/C13H18O3/c1-15-10-11-16-13-7-5-12(6-8-13)4-2-3-9-14/h2,4-8,14H,3,9-11H2,1H3. The molecule has 16 heavy (non-hydrogen) atoms. The predicted octanol–water partition coefficient (Wildman–Crippen LogP) is 2.11. The summed E-state index contributed by atoms with van der Waals surface area (Å²) in [5.74, 6) is 0.844. The van der Waals surface area contributed by atoms with Crippen molar-refractivity contribution in [3.8, 4) is 5.75 Å². The van der Waals surface area contributed by atoms with E-state index in [1.54, 1.807) is 7.11 Å². The maximum Gasteiger partial charge on any atom is 0.119 e. The average Bonchev–Trinajstić information content (AvgIpc) is 2.32. The fourth-order valence-corrected chi connectivity index (χ4v) is 1.21. The second-order valence-corrected chi connectivity index (χ2v) is 3.32. The molecule has 0 aliphatic heterocycles. The summed E-state index contributed by atoms with van der Waals surface area (Å²) >= 11 is 0. The van der Waals surface area contributed by atoms with Gasteiger partial charge < -0.3 is 14.6 Å². The van der Waals surface area contributed by atoms with Gasteiger partial charge in [-0.2, -0.15) is 0 Å². The number of hydrogen-bond acceptors (Lipinski definition) is 3. The molecule has 88 valence electrons. The highest BCUT2D eigenvalue weighted by atomic mass is 16.5. The largest absolute Gasteiger partial charge is 0.491 e. The maximum absolute atomic E-state index is 8.63. The SMILES string of the molecule is COCCOc1ccc(C=CCCO)cc1. The molecule has 3 heteroatoms. The third kappa shape index (κ3) is 4.96. The van der Waals surface area contributed by atoms with Gasteiger partial charge in [0.1, 0.15) is 12.4 Å². The monoisotopic (exact) mass is 222 g/mol. The van der Waals surface area contributed by atoms with Crippen molar-refractivity contribution in [3.63, 3.8) is 0 Å². The Morgan fingerprint density at radius 3 is 2.56 bits per heavy atom. The van der Waals surface area contributed by atoms with E-state index in [4.69, 9.17) is 14.6 Å². The first kappa shape index (κ1) is 12.7. The Hall–Kier alpha value is -1.32. The molecule has 1 aromatic rings. The van der Waals surface area contributed by atoms with Crippen LogP contribution >= 0.6 is 0 Å². The van der Waals surface area contributed by atoms with Crippen molar-refractivity contribution in [2.75, 3.05) is 26.9 Å². The van der Waals surface area contributed by atoms with E-state index in [1.165, 1.54) is 0 Å². The van der Waals surface area contributed by atoms with Gasteiger partial charge in [-0.3, -0.25) is 0 Å². The number of methoxy groups -OCH3 is 1. The molecule has 1 N–H and O–H groups in total. The highest BCUT2D eigenvalue weighted by Gasteiger charge is 1.92. The normalized spacial score (nSPS) is 10.9. The number of benzene rings is 1. The van der Waals surface area contributed by atoms with Crippen molar-refractivity contribution >= 4 is 6.08 Å². The van der Waals surface area contributed by atoms with Gasteiger partial charge in [0, 0.05) is 13.7 Å². The van der Waals surface area contributed by atoms with E-state index in [0.29, 0.717) is 19.6 Å². The maximum atomic E-state index is 8.63. The zero-order chi connectivity index (χ0) is 11.6. The van der Waals surface area contributed by atoms with Crippen molar-refractivity contribution in [2.45, 2.75) is 6.42 Å². The quantitative estimate of drug-likeness (QED) is 0.718. The van der Waals surface area contributed by atoms with Crippen LogP contribution in [0.25, 0.3) is 6.08 Å². The summed E-state index contributed by atoms with van der Waals surface area (Å²) in [7, 11) is 1.65. The lowest BCUT2D eigenvalue weighted by atomic mass is 10.2. The van der Waals surface area contributed by atoms with Crippen LogP contribution in [0.2, 0.25) is 0 Å². The number of rotatable bonds is 7. The Kier molecular flexibility index (Phi) is 6.30. The zero-order valence-electron chi connectivity index (χ0n) is 9.56. The van der Waals surface area contributed by atoms with E-state index in [9.17, 15) is 0 Å². The molecule has 0 aliphatic rings. The van der Waals surface area contributed by atoms with E-state index in [0.717, 1.165) is 11.3 Å². The van der Waals surface area contributed by atoms with E-state index in [-0.39, 0.29) is 6.61 Å². The van der Waals surface area contributed by atoms with Crippen molar-refractivity contribution in [1.82, 2.24) is 0 Å². The van der Waals surface area contributed by atoms with Crippen LogP contribution in [0.15, 0.2) is 30.3 Å². The first-order chi connectivity index (χ1) is 7.86. The molecule has 0 aliphatic carbocycles. The first-order valence-electron chi connectivity index (χ1n) is 5.36. The third-order valence-corrected chi connectivity index (χ3v) is 2.04. The average molecular weight is 222 g/mol. The van der Waals surface area contributed by atoms with Crippen LogP contribution < -0.4 is 4.74 Å². The first-order valence-corrected chi connectivity index (χ1v) is 5.36. The summed E-state index contributed by atoms with van der Waals surface area (Å²) < 4.78 is 10.3. The van der Waals surface area contributed by atoms with Gasteiger partial charge in [-0.15, -0.1) is 0 Å². The van der Waals surface area contributed by atoms with Crippen molar-refractivity contribution < 1.29 is 14.6 Å². The van der Waals surface area contributed by atoms with Gasteiger partial charge in [-0.05, 0) is 24.1 Å². The molecule has 0 radical (unpaired) electrons. The Balaban J connectivity index is 2.41. The van der Waals surface area contributed by atoms with E-state index in [2.05, 4.69) is 0 Å². The molecule has 0 saturated heterocycles. The molecule has 1 aromatic carbocycles. The molecule has 3 nitrogen and oxygen atoms in total. The lowest BCUT2D eigenvalue weighted by molar-refractivity contribution is 0.146. The summed E-state index contributed by atoms with van der Waals surface area (Å²) in [5.41, 5.74) is 1.10. The molecule has 0 unspecified atom stereocenters. The van der Waals surface area contributed by atoms with Crippen molar-refractivity contribution in [3.05, 3.63) is 35.9 Å². The van der Waals surface area contributed by atoms with E-state index in [1.807, 2.05) is 36.4 Å². The summed E-state index contributed by atoms with van der Waals surface area (Å²) in [6, 6.07) is 7.81. The molecule has 0 aromatic heterocycles. The Bertz CT molecular complexity index is 303. The Labute approximate surface area is 96.3 Å². The molecule has 1 rings (SSSR count). The molecule has 0 saturated carbocycles. The lowest BCUT2D eigenvalue weighted by Gasteiger charge is -2.05. The minimum Gasteiger partial charge on any atom is -0.491 e. The number of hydrogen-bond donors (Lipinski definition) is 1. The van der Waals surface area contributed by atoms with Crippen molar-refractivity contribution in [2.24, 2.45) is 0 Å². The van der Waals surface area contributed by atoms with Gasteiger partial charge in [0.15, 0.2) is 0 Å². The molecular weight excluding hydrogens is 204 g/mol. The molecule has 0 spiro atoms. The lowest BCUT2D eigenvalue weighted by Crippen LogP contribution is -2.03. The fourth-order valence-electron chi connectivity index (χ4n) is 1.21. The molecular formula is C13H18O3. The Morgan fingerprint density at radius 1 is 1.19 bits per heavy atom. The van der Waals surface area contributed by atoms with Crippen molar-refractivity contribution in [1.29, 1.82) is 0 Å². The number of aliphatic hydroxyl groups is 1. The van der Waals surface area contributed by atoms with E-state index >= 15 is 0 Å². The molecule has 0 bridgehead atoms. The molecule has 0 amide bonds. The highest BCUT2D eigenvalue weighted by Crippen LogP contribution is 2.13. The van der Waals surface area contributed by atoms with Crippen LogP contribution in [-0.2, 0) is 4.74 Å². The number of aliphatic hydroxyl groups excluding tert-OH is 1. The third-order valence-electron chi connectivity index (χ3n) is 2.04. The van der Waals surface area contributed by atoms with Crippen LogP contribution in [0.4, 0.5) is 0 Å². The predicted molar refractivity (Wildman–Crippen MR) is 64.5 cm³/mol. The van der Waals surface area contributed by atoms with E-state index < -0.39 is 0 Å². The summed E-state index contributed by atoms with van der Waals surface area (Å²) in [6.07, 6.45) is 4.61. The second-order valence-electron chi connectivity index (χ2n) is 3.32. The zero-order valence-corrected chi connectivity index (χ0v) is 9.56. The summed E-state index contributed by atoms with van der Waals surface area (Å²) in [4.78, 5) is 0. The fraction of sp³-hybridized carbons (Fsp3) is 0.385. The van der Waals surface area contributed by atoms with Crippen LogP contribution in [0.5, 0.6) is 5.75 Å². The number of ether oxygens (including phenoxy) is 2. The highest BCUT2D eigenvalue weighted by molar-refractivity contribution is 5.50. The Morgan fingerprint density at radius 2 is 1.94 bits per heavy atom. The van der Waals surface area contributed by atoms with Gasteiger partial charge in [-0.1, -0.05) is 24.3 Å². The van der Waals surface area contributed by atoms with Crippen LogP contribution in [0.3, 0.4) is 0 Å². The topological polar surface area (TPSA) is 38.7 Å². The molecule has 0 heterocycles. The van der Waals surface area contributed by atoms with Gasteiger partial charge in [0.2, 0.25) is 0 Å².